The molecule has 0 amide bonds. The number of aromatic amines is 1. The number of anilines is 6. The summed E-state index contributed by atoms with van der Waals surface area (Å²) in [5, 5.41) is 43.7. The molecule has 0 unspecified atom stereocenters. The number of nitro groups is 2. The molecule has 4 saturated heterocycles. The van der Waals surface area contributed by atoms with Crippen LogP contribution in [-0.2, 0) is 52.4 Å². The van der Waals surface area contributed by atoms with Gasteiger partial charge >= 0.3 is 0 Å². The molecule has 9 aromatic carbocycles. The molecule has 20 rings (SSSR count). The maximum Gasteiger partial charge on any atom is 0.269 e. The van der Waals surface area contributed by atoms with E-state index in [1.54, 1.807) is 30.5 Å². The number of likely N-dealkylation sites (tertiary alicyclic amines) is 4. The number of non-ortho nitro benzene ring substituents is 2. The lowest BCUT2D eigenvalue weighted by molar-refractivity contribution is -0.385. The Labute approximate surface area is 879 Å². The predicted octanol–water partition coefficient (Wildman–Crippen LogP) is 22.4. The Balaban J connectivity index is 0.000000134. The fourth-order valence-corrected chi connectivity index (χ4v) is 20.9. The van der Waals surface area contributed by atoms with Gasteiger partial charge in [0.15, 0.2) is 0 Å². The highest BCUT2D eigenvalue weighted by molar-refractivity contribution is 6.32. The molecule has 0 bridgehead atoms. The van der Waals surface area contributed by atoms with Crippen LogP contribution in [0.2, 0.25) is 20.1 Å². The van der Waals surface area contributed by atoms with E-state index in [9.17, 15) is 20.2 Å². The maximum atomic E-state index is 11.1. The van der Waals surface area contributed by atoms with Crippen molar-refractivity contribution in [2.45, 2.75) is 128 Å². The van der Waals surface area contributed by atoms with Crippen molar-refractivity contribution in [2.24, 2.45) is 0 Å². The number of fused-ring (bicyclic) bond motifs is 4. The van der Waals surface area contributed by atoms with E-state index in [1.165, 1.54) is 64.9 Å². The number of nitrogen functional groups attached to an aromatic ring is 2. The molecule has 16 aromatic rings. The number of imidazole rings is 1. The van der Waals surface area contributed by atoms with Crippen molar-refractivity contribution in [3.63, 3.8) is 0 Å². The highest BCUT2D eigenvalue weighted by Gasteiger charge is 2.31. The third-order valence-electron chi connectivity index (χ3n) is 28.3. The summed E-state index contributed by atoms with van der Waals surface area (Å²) in [5.74, 6) is 1.02. The fourth-order valence-electron chi connectivity index (χ4n) is 20.3. The van der Waals surface area contributed by atoms with Crippen LogP contribution in [0, 0.1) is 20.2 Å². The number of nitrogens with zero attached hydrogens (tertiary/aromatic N) is 17. The average molecular weight is 2050 g/mol. The van der Waals surface area contributed by atoms with Crippen LogP contribution in [0.25, 0.3) is 43.6 Å². The first-order valence-electron chi connectivity index (χ1n) is 50.8. The molecule has 28 nitrogen and oxygen atoms in total. The average Bonchev–Trinajstić information content (AvgIpc) is 1.02. The molecule has 4 fully saturated rings. The van der Waals surface area contributed by atoms with E-state index < -0.39 is 9.85 Å². The van der Waals surface area contributed by atoms with Crippen LogP contribution in [0.3, 0.4) is 0 Å². The number of rotatable bonds is 38. The van der Waals surface area contributed by atoms with Gasteiger partial charge in [-0.05, 0) is 288 Å². The Kier molecular flexibility index (Phi) is 38.0. The second kappa shape index (κ2) is 53.3. The number of piperidine rings is 4. The number of halogens is 4. The second-order valence-electron chi connectivity index (χ2n) is 38.3. The van der Waals surface area contributed by atoms with Gasteiger partial charge in [0.1, 0.15) is 5.82 Å². The first-order chi connectivity index (χ1) is 71.9. The van der Waals surface area contributed by atoms with Gasteiger partial charge in [-0.25, -0.2) is 4.98 Å². The summed E-state index contributed by atoms with van der Waals surface area (Å²) < 4.78 is 0. The number of benzene rings is 9. The second-order valence-corrected chi connectivity index (χ2v) is 40.0. The van der Waals surface area contributed by atoms with E-state index in [-0.39, 0.29) is 11.4 Å². The zero-order valence-corrected chi connectivity index (χ0v) is 85.8. The molecule has 9 N–H and O–H groups in total. The molecular weight excluding hydrogens is 1920 g/mol. The number of aromatic nitrogens is 8. The lowest BCUT2D eigenvalue weighted by atomic mass is 10.0. The van der Waals surface area contributed by atoms with Crippen LogP contribution in [-0.4, -0.2) is 218 Å². The van der Waals surface area contributed by atoms with Gasteiger partial charge in [-0.1, -0.05) is 125 Å². The van der Waals surface area contributed by atoms with Crippen LogP contribution >= 0.6 is 46.4 Å². The summed E-state index contributed by atoms with van der Waals surface area (Å²) in [4.78, 5) is 75.5. The minimum Gasteiger partial charge on any atom is -0.399 e. The Morgan fingerprint density at radius 2 is 0.565 bits per heavy atom. The van der Waals surface area contributed by atoms with Gasteiger partial charge in [-0.15, -0.1) is 0 Å². The molecule has 32 heteroatoms. The van der Waals surface area contributed by atoms with E-state index in [1.807, 2.05) is 177 Å². The van der Waals surface area contributed by atoms with E-state index >= 15 is 0 Å². The lowest BCUT2D eigenvalue weighted by Gasteiger charge is -2.39. The highest BCUT2D eigenvalue weighted by atomic mass is 35.5. The number of nitrogens with two attached hydrogens (primary N) is 2. The van der Waals surface area contributed by atoms with Gasteiger partial charge in [0.05, 0.1) is 38.5 Å². The molecular formula is C115H128Cl4N24O4. The Morgan fingerprint density at radius 1 is 0.306 bits per heavy atom. The number of pyridine rings is 6. The molecule has 0 atom stereocenters. The van der Waals surface area contributed by atoms with E-state index in [2.05, 4.69) is 179 Å². The van der Waals surface area contributed by atoms with Crippen molar-refractivity contribution in [3.05, 3.63) is 396 Å². The smallest absolute Gasteiger partial charge is 0.269 e. The van der Waals surface area contributed by atoms with Gasteiger partial charge in [-0.3, -0.25) is 69.7 Å². The number of nitrogens with one attached hydrogen (secondary N) is 5. The zero-order chi connectivity index (χ0) is 101. The molecule has 0 spiro atoms. The summed E-state index contributed by atoms with van der Waals surface area (Å²) >= 11 is 24.5. The Hall–Kier alpha value is -13.4. The van der Waals surface area contributed by atoms with Gasteiger partial charge in [0, 0.05) is 284 Å². The molecule has 4 aliphatic heterocycles. The van der Waals surface area contributed by atoms with Crippen molar-refractivity contribution >= 4 is 136 Å². The zero-order valence-electron chi connectivity index (χ0n) is 82.8. The predicted molar refractivity (Wildman–Crippen MR) is 597 cm³/mol. The minimum absolute atomic E-state index is 0.0705. The number of hydrogen-bond acceptors (Lipinski definition) is 25. The first kappa shape index (κ1) is 105. The topological polar surface area (TPSA) is 318 Å². The van der Waals surface area contributed by atoms with Crippen molar-refractivity contribution in [3.8, 4) is 0 Å². The standard InChI is InChI=1S/C30H31ClN6O4.C30H35ClN6.C29H32ClN5.C26H30ClN7/c31-24-5-10-28-29(11-14-32-30(28)19-24)33-15-18-34-16-12-25(13-17-34)35(20-22-1-6-26(7-2-22)36(38)39)21-23-3-8-27(9-4-23)37(40)41;31-24-5-10-28-29(11-14-34-30(28)19-24)35-15-18-36-16-12-27(13-17-36)37(20-22-1-6-25(32)7-2-22)21-23-3-8-26(33)9-4-23;30-25-6-7-27-28(10-15-32-29(27)20-25)33-16-19-34-17-11-26(12-18-34)35(21-23-4-2-1-3-5-23)22-24-8-13-31-14-9-24;27-21-1-2-23-24(5-10-29-25(23)17-21)30-13-16-33-14-6-22(7-15-33)34(19-26-31-11-12-32-26)18-20-3-8-28-9-4-20/h1-11,14,19,25H,12-13,15-18,20-21H2,(H,32,33);1-11,14,19,27H,12-13,15-18,20-21,32-33H2,(H,34,35);1-10,13-15,20,26H,11-12,16-19,21-22H2,(H,32,33);1-5,8-12,17,22H,6-7,13-16,18-19H2,(H,29,30)(H,31,32). The SMILES string of the molecule is Clc1ccc2c(NCCN3CCC(N(Cc4ccccc4)Cc4ccncc4)CC3)ccnc2c1.Clc1ccc2c(NCCN3CCC(N(Cc4ccncc4)Cc4ncc[nH]4)CC3)ccnc2c1.Nc1ccc(CN(Cc2ccc(N)cc2)C2CCN(CCNc3ccnc4cc(Cl)ccc34)CC2)cc1.O=[N+]([O-])c1ccc(CN(Cc2ccc([N+](=O)[O-])cc2)C2CCN(CCNc3ccnc4cc(Cl)ccc34)CC2)cc1. The van der Waals surface area contributed by atoms with Crippen LogP contribution in [0.4, 0.5) is 45.5 Å². The first-order valence-corrected chi connectivity index (χ1v) is 52.3. The third-order valence-corrected chi connectivity index (χ3v) is 29.2. The van der Waals surface area contributed by atoms with Crippen LogP contribution in [0.1, 0.15) is 96.1 Å². The maximum absolute atomic E-state index is 11.1. The Bertz CT molecular complexity index is 6690. The van der Waals surface area contributed by atoms with Crippen LogP contribution in [0.5, 0.6) is 0 Å². The number of H-pyrrole nitrogens is 1. The molecule has 147 heavy (non-hydrogen) atoms. The molecule has 760 valence electrons. The molecule has 0 radical (unpaired) electrons. The summed E-state index contributed by atoms with van der Waals surface area (Å²) in [7, 11) is 0. The summed E-state index contributed by atoms with van der Waals surface area (Å²) in [6.45, 7) is 22.8. The molecule has 0 aliphatic carbocycles. The number of nitro benzene ring substituents is 2. The van der Waals surface area contributed by atoms with Crippen LogP contribution in [0.15, 0.2) is 311 Å². The van der Waals surface area contributed by atoms with Gasteiger partial charge < -0.3 is 57.3 Å². The highest BCUT2D eigenvalue weighted by Crippen LogP contribution is 2.34. The van der Waals surface area contributed by atoms with Crippen LogP contribution < -0.4 is 32.7 Å². The van der Waals surface area contributed by atoms with E-state index in [0.29, 0.717) is 52.3 Å². The monoisotopic (exact) mass is 2050 g/mol. The van der Waals surface area contributed by atoms with Gasteiger partial charge in [0.25, 0.3) is 11.4 Å². The largest absolute Gasteiger partial charge is 0.399 e. The minimum atomic E-state index is -0.393. The summed E-state index contributed by atoms with van der Waals surface area (Å²) in [5.41, 5.74) is 30.2. The molecule has 0 saturated carbocycles. The van der Waals surface area contributed by atoms with Gasteiger partial charge in [0.2, 0.25) is 0 Å². The lowest BCUT2D eigenvalue weighted by Crippen LogP contribution is -2.45. The summed E-state index contributed by atoms with van der Waals surface area (Å²) in [6.07, 6.45) is 27.5. The Morgan fingerprint density at radius 3 is 0.830 bits per heavy atom. The van der Waals surface area contributed by atoms with E-state index in [0.717, 1.165) is 282 Å². The fraction of sp³-hybridized carbons (Fsp3) is 0.313. The van der Waals surface area contributed by atoms with Crippen molar-refractivity contribution in [1.82, 2.24) is 79.1 Å². The number of hydrogen-bond donors (Lipinski definition) is 7. The van der Waals surface area contributed by atoms with E-state index in [4.69, 9.17) is 57.9 Å². The quantitative estimate of drug-likeness (QED) is 0.0107. The molecule has 7 aromatic heterocycles. The normalized spacial score (nSPS) is 14.9. The summed E-state index contributed by atoms with van der Waals surface area (Å²) in [6, 6.07) is 82.6. The van der Waals surface area contributed by atoms with Crippen molar-refractivity contribution in [2.75, 3.05) is 137 Å². The van der Waals surface area contributed by atoms with Crippen molar-refractivity contribution in [1.29, 1.82) is 0 Å². The molecule has 4 aliphatic rings. The van der Waals surface area contributed by atoms with Gasteiger partial charge in [-0.2, -0.15) is 0 Å². The van der Waals surface area contributed by atoms with Crippen molar-refractivity contribution < 1.29 is 9.85 Å². The third kappa shape index (κ3) is 31.1. The molecule has 11 heterocycles.